The molecule has 1 aromatic rings. The molecule has 0 aliphatic carbocycles. The third kappa shape index (κ3) is 14.6. The summed E-state index contributed by atoms with van der Waals surface area (Å²) in [5, 5.41) is 14.8. The molecule has 0 spiro atoms. The number of nitrogens with one attached hydrogen (secondary N) is 2. The zero-order chi connectivity index (χ0) is 36.6. The molecular formula is C34H56N4O10. The third-order valence-corrected chi connectivity index (χ3v) is 7.31. The Morgan fingerprint density at radius 2 is 1.48 bits per heavy atom. The van der Waals surface area contributed by atoms with Crippen molar-refractivity contribution in [1.82, 2.24) is 15.5 Å². The minimum Gasteiger partial charge on any atom is -0.508 e. The number of esters is 1. The number of benzene rings is 1. The maximum Gasteiger partial charge on any atom is 0.416 e. The zero-order valence-corrected chi connectivity index (χ0v) is 29.9. The lowest BCUT2D eigenvalue weighted by Gasteiger charge is -2.34. The van der Waals surface area contributed by atoms with Crippen molar-refractivity contribution in [2.24, 2.45) is 11.7 Å². The van der Waals surface area contributed by atoms with Crippen molar-refractivity contribution < 1.29 is 48.0 Å². The minimum absolute atomic E-state index is 0.0601. The van der Waals surface area contributed by atoms with Crippen molar-refractivity contribution in [3.05, 3.63) is 29.8 Å². The summed E-state index contributed by atoms with van der Waals surface area (Å²) in [6.45, 7) is 15.7. The summed E-state index contributed by atoms with van der Waals surface area (Å²) in [6.07, 6.45) is -1.67. The van der Waals surface area contributed by atoms with Crippen LogP contribution < -0.4 is 16.4 Å². The normalized spacial score (nSPS) is 14.6. The van der Waals surface area contributed by atoms with Crippen LogP contribution in [0.1, 0.15) is 87.1 Å². The molecule has 272 valence electrons. The molecule has 1 aromatic carbocycles. The minimum atomic E-state index is -1.28. The van der Waals surface area contributed by atoms with Crippen molar-refractivity contribution in [1.29, 1.82) is 0 Å². The number of amides is 4. The Hall–Kier alpha value is -3.75. The van der Waals surface area contributed by atoms with E-state index in [-0.39, 0.29) is 50.8 Å². The summed E-state index contributed by atoms with van der Waals surface area (Å²) in [4.78, 5) is 67.7. The molecule has 0 aromatic heterocycles. The smallest absolute Gasteiger partial charge is 0.416 e. The Labute approximate surface area is 284 Å². The molecule has 0 saturated heterocycles. The predicted octanol–water partition coefficient (Wildman–Crippen LogP) is 3.17. The lowest BCUT2D eigenvalue weighted by molar-refractivity contribution is -0.163. The maximum absolute atomic E-state index is 14.0. The number of rotatable bonds is 19. The van der Waals surface area contributed by atoms with Gasteiger partial charge >= 0.3 is 12.1 Å². The van der Waals surface area contributed by atoms with E-state index in [4.69, 9.17) is 24.7 Å². The first-order valence-electron chi connectivity index (χ1n) is 16.6. The van der Waals surface area contributed by atoms with Crippen LogP contribution in [0.2, 0.25) is 0 Å². The number of phenols is 1. The van der Waals surface area contributed by atoms with Crippen molar-refractivity contribution >= 4 is 29.8 Å². The SMILES string of the molecule is CCOC(=O)N(C(=O)[C@H](C)NC(=O)[C@@H](NC(=O)[C@@H](N)Cc1ccc(O)cc1)[C@@H](C)CC)[C@@H](CC(=O)OC(C)(C)C)CC(OCC)OCC. The lowest BCUT2D eigenvalue weighted by Crippen LogP contribution is -2.59. The molecule has 14 nitrogen and oxygen atoms in total. The van der Waals surface area contributed by atoms with Gasteiger partial charge < -0.3 is 40.4 Å². The van der Waals surface area contributed by atoms with Crippen molar-refractivity contribution in [3.8, 4) is 5.75 Å². The highest BCUT2D eigenvalue weighted by molar-refractivity contribution is 5.98. The number of hydrogen-bond acceptors (Lipinski definition) is 11. The molecule has 0 aliphatic heterocycles. The molecule has 1 rings (SSSR count). The largest absolute Gasteiger partial charge is 0.508 e. The van der Waals surface area contributed by atoms with Crippen LogP contribution in [-0.4, -0.2) is 95.7 Å². The molecular weight excluding hydrogens is 624 g/mol. The van der Waals surface area contributed by atoms with Gasteiger partial charge in [-0.3, -0.25) is 19.2 Å². The number of carbonyl (C=O) groups excluding carboxylic acids is 5. The number of imide groups is 1. The van der Waals surface area contributed by atoms with E-state index in [0.717, 1.165) is 10.5 Å². The molecule has 0 saturated carbocycles. The molecule has 5 atom stereocenters. The summed E-state index contributed by atoms with van der Waals surface area (Å²) in [7, 11) is 0. The first kappa shape index (κ1) is 42.3. The first-order chi connectivity index (χ1) is 22.5. The van der Waals surface area contributed by atoms with Crippen molar-refractivity contribution in [2.45, 2.75) is 124 Å². The Kier molecular flexibility index (Phi) is 18.1. The molecule has 0 heterocycles. The fourth-order valence-corrected chi connectivity index (χ4v) is 4.76. The Morgan fingerprint density at radius 1 is 0.896 bits per heavy atom. The van der Waals surface area contributed by atoms with Gasteiger partial charge in [-0.15, -0.1) is 0 Å². The van der Waals surface area contributed by atoms with Crippen LogP contribution in [0.15, 0.2) is 24.3 Å². The maximum atomic E-state index is 14.0. The second kappa shape index (κ2) is 20.6. The zero-order valence-electron chi connectivity index (χ0n) is 29.9. The first-order valence-corrected chi connectivity index (χ1v) is 16.6. The number of aromatic hydroxyl groups is 1. The highest BCUT2D eigenvalue weighted by Gasteiger charge is 2.39. The predicted molar refractivity (Wildman–Crippen MR) is 179 cm³/mol. The van der Waals surface area contributed by atoms with Crippen LogP contribution in [0.4, 0.5) is 4.79 Å². The molecule has 0 radical (unpaired) electrons. The molecule has 0 bridgehead atoms. The molecule has 14 heteroatoms. The number of hydrogen-bond donors (Lipinski definition) is 4. The van der Waals surface area contributed by atoms with Crippen molar-refractivity contribution in [3.63, 3.8) is 0 Å². The molecule has 5 N–H and O–H groups in total. The fraction of sp³-hybridized carbons (Fsp3) is 0.676. The monoisotopic (exact) mass is 680 g/mol. The number of nitrogens with zero attached hydrogens (tertiary/aromatic N) is 1. The second-order valence-electron chi connectivity index (χ2n) is 12.5. The van der Waals surface area contributed by atoms with Crippen LogP contribution in [0, 0.1) is 5.92 Å². The summed E-state index contributed by atoms with van der Waals surface area (Å²) in [6, 6.07) is 1.81. The van der Waals surface area contributed by atoms with Crippen LogP contribution in [0.3, 0.4) is 0 Å². The van der Waals surface area contributed by atoms with E-state index in [1.54, 1.807) is 60.6 Å². The number of nitrogens with two attached hydrogens (primary N) is 1. The highest BCUT2D eigenvalue weighted by Crippen LogP contribution is 2.21. The van der Waals surface area contributed by atoms with E-state index in [1.165, 1.54) is 19.1 Å². The topological polar surface area (TPSA) is 196 Å². The van der Waals surface area contributed by atoms with Gasteiger partial charge in [0.15, 0.2) is 6.29 Å². The second-order valence-corrected chi connectivity index (χ2v) is 12.5. The number of ether oxygens (including phenoxy) is 4. The van der Waals surface area contributed by atoms with E-state index in [0.29, 0.717) is 6.42 Å². The summed E-state index contributed by atoms with van der Waals surface area (Å²) < 4.78 is 22.0. The summed E-state index contributed by atoms with van der Waals surface area (Å²) >= 11 is 0. The third-order valence-electron chi connectivity index (χ3n) is 7.31. The quantitative estimate of drug-likeness (QED) is 0.124. The van der Waals surface area contributed by atoms with E-state index in [9.17, 15) is 29.1 Å². The van der Waals surface area contributed by atoms with Crippen LogP contribution in [-0.2, 0) is 44.5 Å². The lowest BCUT2D eigenvalue weighted by atomic mass is 9.97. The van der Waals surface area contributed by atoms with Gasteiger partial charge in [0.05, 0.1) is 25.1 Å². The molecule has 0 unspecified atom stereocenters. The van der Waals surface area contributed by atoms with E-state index in [2.05, 4.69) is 10.6 Å². The van der Waals surface area contributed by atoms with Gasteiger partial charge in [-0.2, -0.15) is 0 Å². The van der Waals surface area contributed by atoms with Crippen LogP contribution in [0.25, 0.3) is 0 Å². The van der Waals surface area contributed by atoms with Gasteiger partial charge in [-0.05, 0) is 78.5 Å². The van der Waals surface area contributed by atoms with Crippen LogP contribution in [0.5, 0.6) is 5.75 Å². The Bertz CT molecular complexity index is 1180. The molecule has 48 heavy (non-hydrogen) atoms. The van der Waals surface area contributed by atoms with Gasteiger partial charge in [0, 0.05) is 19.6 Å². The summed E-state index contributed by atoms with van der Waals surface area (Å²) in [5.74, 6) is -3.02. The van der Waals surface area contributed by atoms with E-state index < -0.39 is 65.8 Å². The summed E-state index contributed by atoms with van der Waals surface area (Å²) in [5.41, 5.74) is 6.03. The number of phenolic OH excluding ortho intramolecular Hbond substituents is 1. The van der Waals surface area contributed by atoms with Gasteiger partial charge in [-0.25, -0.2) is 9.69 Å². The van der Waals surface area contributed by atoms with Crippen LogP contribution >= 0.6 is 0 Å². The molecule has 0 aliphatic rings. The standard InChI is InChI=1S/C34H56N4O10/c1-10-21(5)29(37-30(41)26(35)18-23-14-16-25(39)17-15-23)31(42)36-22(6)32(43)38(33(44)47-13-4)24(19-27(40)48-34(7,8)9)20-28(45-11-2)46-12-3/h14-17,21-22,24,26,28-29,39H,10-13,18-20,35H2,1-9H3,(H,36,42)(H,37,41)/t21-,22-,24-,26-,29-/m0/s1. The molecule has 0 fully saturated rings. The molecule has 4 amide bonds. The Morgan fingerprint density at radius 3 is 1.98 bits per heavy atom. The average molecular weight is 681 g/mol. The highest BCUT2D eigenvalue weighted by atomic mass is 16.7. The van der Waals surface area contributed by atoms with Gasteiger partial charge in [0.25, 0.3) is 5.91 Å². The van der Waals surface area contributed by atoms with Crippen molar-refractivity contribution in [2.75, 3.05) is 19.8 Å². The average Bonchev–Trinajstić information content (AvgIpc) is 2.99. The van der Waals surface area contributed by atoms with E-state index >= 15 is 0 Å². The van der Waals surface area contributed by atoms with E-state index in [1.807, 2.05) is 6.92 Å². The number of carbonyl (C=O) groups is 5. The Balaban J connectivity index is 3.31. The van der Waals surface area contributed by atoms with Gasteiger partial charge in [-0.1, -0.05) is 32.4 Å². The fourth-order valence-electron chi connectivity index (χ4n) is 4.76. The van der Waals surface area contributed by atoms with Gasteiger partial charge in [0.2, 0.25) is 11.8 Å². The van der Waals surface area contributed by atoms with Gasteiger partial charge in [0.1, 0.15) is 23.4 Å².